The fourth-order valence-corrected chi connectivity index (χ4v) is 1.33. The molecule has 0 bridgehead atoms. The van der Waals surface area contributed by atoms with Crippen LogP contribution in [0.5, 0.6) is 0 Å². The molecule has 0 radical (unpaired) electrons. The van der Waals surface area contributed by atoms with Gasteiger partial charge in [0.2, 0.25) is 0 Å². The van der Waals surface area contributed by atoms with E-state index < -0.39 is 0 Å². The molecule has 1 saturated heterocycles. The Morgan fingerprint density at radius 2 is 2.42 bits per heavy atom. The van der Waals surface area contributed by atoms with Crippen molar-refractivity contribution in [1.29, 1.82) is 0 Å². The molecule has 0 aromatic carbocycles. The summed E-state index contributed by atoms with van der Waals surface area (Å²) < 4.78 is 1.75. The van der Waals surface area contributed by atoms with E-state index in [2.05, 4.69) is 15.0 Å². The van der Waals surface area contributed by atoms with E-state index in [4.69, 9.17) is 5.11 Å². The Kier molecular flexibility index (Phi) is 1.82. The fraction of sp³-hybridized carbons (Fsp3) is 0.714. The van der Waals surface area contributed by atoms with Crippen LogP contribution in [0.15, 0.2) is 6.33 Å². The maximum Gasteiger partial charge on any atom is 0.140 e. The Morgan fingerprint density at radius 3 is 2.92 bits per heavy atom. The second-order valence-electron chi connectivity index (χ2n) is 3.15. The molecule has 1 aromatic heterocycles. The highest BCUT2D eigenvalue weighted by atomic mass is 16.3. The van der Waals surface area contributed by atoms with E-state index in [-0.39, 0.29) is 6.10 Å². The molecule has 2 heterocycles. The maximum absolute atomic E-state index is 9.03. The third kappa shape index (κ3) is 1.33. The molecule has 0 atom stereocenters. The van der Waals surface area contributed by atoms with Gasteiger partial charge in [0, 0.05) is 20.1 Å². The zero-order valence-corrected chi connectivity index (χ0v) is 7.01. The molecule has 1 N–H and O–H groups in total. The Morgan fingerprint density at radius 1 is 1.67 bits per heavy atom. The predicted octanol–water partition coefficient (Wildman–Crippen LogP) is -1.01. The van der Waals surface area contributed by atoms with Gasteiger partial charge in [0.25, 0.3) is 0 Å². The molecule has 1 aliphatic heterocycles. The minimum absolute atomic E-state index is 0.141. The first-order chi connectivity index (χ1) is 5.75. The van der Waals surface area contributed by atoms with Crippen LogP contribution >= 0.6 is 0 Å². The molecule has 0 unspecified atom stereocenters. The fourth-order valence-electron chi connectivity index (χ4n) is 1.33. The summed E-state index contributed by atoms with van der Waals surface area (Å²) in [7, 11) is 1.87. The summed E-state index contributed by atoms with van der Waals surface area (Å²) in [5.41, 5.74) is 0. The highest BCUT2D eigenvalue weighted by Crippen LogP contribution is 2.10. The predicted molar refractivity (Wildman–Crippen MR) is 42.3 cm³/mol. The first kappa shape index (κ1) is 7.70. The average molecular weight is 168 g/mol. The van der Waals surface area contributed by atoms with E-state index in [0.717, 1.165) is 25.5 Å². The molecule has 1 aromatic rings. The summed E-state index contributed by atoms with van der Waals surface area (Å²) in [4.78, 5) is 6.22. The number of aryl methyl sites for hydroxylation is 1. The number of hydrogen-bond acceptors (Lipinski definition) is 4. The highest BCUT2D eigenvalue weighted by Gasteiger charge is 2.24. The molecule has 66 valence electrons. The summed E-state index contributed by atoms with van der Waals surface area (Å²) in [5, 5.41) is 13.0. The Labute approximate surface area is 70.6 Å². The number of likely N-dealkylation sites (tertiary alicyclic amines) is 1. The lowest BCUT2D eigenvalue weighted by atomic mass is 10.2. The molecule has 2 rings (SSSR count). The van der Waals surface area contributed by atoms with Gasteiger partial charge in [-0.15, -0.1) is 0 Å². The maximum atomic E-state index is 9.03. The first-order valence-electron chi connectivity index (χ1n) is 3.99. The lowest BCUT2D eigenvalue weighted by Crippen LogP contribution is -2.50. The summed E-state index contributed by atoms with van der Waals surface area (Å²) in [6.07, 6.45) is 1.41. The number of aliphatic hydroxyl groups is 1. The van der Waals surface area contributed by atoms with Crippen LogP contribution in [-0.2, 0) is 13.6 Å². The van der Waals surface area contributed by atoms with Gasteiger partial charge in [0.05, 0.1) is 12.6 Å². The zero-order chi connectivity index (χ0) is 8.55. The number of β-amino-alcohol motifs (C(OH)–C–C–N with tert-alkyl or cyclic N) is 1. The average Bonchev–Trinajstić information content (AvgIpc) is 2.33. The molecule has 12 heavy (non-hydrogen) atoms. The molecule has 1 aliphatic rings. The Balaban J connectivity index is 1.92. The van der Waals surface area contributed by atoms with Crippen LogP contribution in [0, 0.1) is 0 Å². The Hall–Kier alpha value is -0.940. The van der Waals surface area contributed by atoms with Crippen molar-refractivity contribution in [2.75, 3.05) is 13.1 Å². The third-order valence-electron chi connectivity index (χ3n) is 2.11. The van der Waals surface area contributed by atoms with E-state index in [1.54, 1.807) is 11.0 Å². The van der Waals surface area contributed by atoms with Gasteiger partial charge < -0.3 is 5.11 Å². The smallest absolute Gasteiger partial charge is 0.140 e. The van der Waals surface area contributed by atoms with Crippen LogP contribution in [0.2, 0.25) is 0 Å². The third-order valence-corrected chi connectivity index (χ3v) is 2.11. The number of aromatic nitrogens is 3. The molecule has 5 heteroatoms. The van der Waals surface area contributed by atoms with Gasteiger partial charge in [-0.25, -0.2) is 4.98 Å². The van der Waals surface area contributed by atoms with E-state index in [1.165, 1.54) is 0 Å². The summed E-state index contributed by atoms with van der Waals surface area (Å²) in [6, 6.07) is 0. The topological polar surface area (TPSA) is 54.2 Å². The van der Waals surface area contributed by atoms with Gasteiger partial charge in [-0.2, -0.15) is 5.10 Å². The van der Waals surface area contributed by atoms with Crippen molar-refractivity contribution in [1.82, 2.24) is 19.7 Å². The van der Waals surface area contributed by atoms with Gasteiger partial charge in [-0.1, -0.05) is 0 Å². The second kappa shape index (κ2) is 2.84. The first-order valence-corrected chi connectivity index (χ1v) is 3.99. The van der Waals surface area contributed by atoms with E-state index >= 15 is 0 Å². The second-order valence-corrected chi connectivity index (χ2v) is 3.15. The quantitative estimate of drug-likeness (QED) is 0.615. The number of nitrogens with zero attached hydrogens (tertiary/aromatic N) is 4. The summed E-state index contributed by atoms with van der Waals surface area (Å²) in [5.74, 6) is 0.946. The van der Waals surface area contributed by atoms with Crippen molar-refractivity contribution in [2.45, 2.75) is 12.6 Å². The van der Waals surface area contributed by atoms with Crippen molar-refractivity contribution in [3.05, 3.63) is 12.2 Å². The van der Waals surface area contributed by atoms with E-state index in [0.29, 0.717) is 0 Å². The molecule has 0 spiro atoms. The van der Waals surface area contributed by atoms with Crippen LogP contribution in [0.4, 0.5) is 0 Å². The van der Waals surface area contributed by atoms with Gasteiger partial charge in [-0.05, 0) is 0 Å². The van der Waals surface area contributed by atoms with Crippen LogP contribution in [-0.4, -0.2) is 44.0 Å². The highest BCUT2D eigenvalue weighted by molar-refractivity contribution is 4.88. The number of rotatable bonds is 2. The number of aliphatic hydroxyl groups excluding tert-OH is 1. The molecule has 0 amide bonds. The standard InChI is InChI=1S/C7H12N4O/c1-10-7(8-5-9-10)4-11-2-6(12)3-11/h5-6,12H,2-4H2,1H3. The molecule has 0 aliphatic carbocycles. The minimum Gasteiger partial charge on any atom is -0.390 e. The lowest BCUT2D eigenvalue weighted by molar-refractivity contribution is -0.00485. The minimum atomic E-state index is -0.141. The van der Waals surface area contributed by atoms with Crippen LogP contribution in [0.3, 0.4) is 0 Å². The van der Waals surface area contributed by atoms with Crippen molar-refractivity contribution >= 4 is 0 Å². The molecule has 1 fully saturated rings. The number of hydrogen-bond donors (Lipinski definition) is 1. The SMILES string of the molecule is Cn1ncnc1CN1CC(O)C1. The van der Waals surface area contributed by atoms with E-state index in [1.807, 2.05) is 7.05 Å². The zero-order valence-electron chi connectivity index (χ0n) is 7.01. The van der Waals surface area contributed by atoms with Gasteiger partial charge in [-0.3, -0.25) is 9.58 Å². The van der Waals surface area contributed by atoms with Gasteiger partial charge in [0.1, 0.15) is 12.2 Å². The van der Waals surface area contributed by atoms with Crippen molar-refractivity contribution < 1.29 is 5.11 Å². The van der Waals surface area contributed by atoms with Gasteiger partial charge in [0.15, 0.2) is 0 Å². The normalized spacial score (nSPS) is 19.5. The lowest BCUT2D eigenvalue weighted by Gasteiger charge is -2.35. The molecule has 0 saturated carbocycles. The molecule has 5 nitrogen and oxygen atoms in total. The largest absolute Gasteiger partial charge is 0.390 e. The van der Waals surface area contributed by atoms with Crippen LogP contribution in [0.1, 0.15) is 5.82 Å². The van der Waals surface area contributed by atoms with Crippen molar-refractivity contribution in [3.8, 4) is 0 Å². The van der Waals surface area contributed by atoms with E-state index in [9.17, 15) is 0 Å². The molecular formula is C7H12N4O. The summed E-state index contributed by atoms with van der Waals surface area (Å²) >= 11 is 0. The Bertz CT molecular complexity index is 266. The van der Waals surface area contributed by atoms with Crippen molar-refractivity contribution in [3.63, 3.8) is 0 Å². The summed E-state index contributed by atoms with van der Waals surface area (Å²) in [6.45, 7) is 2.30. The van der Waals surface area contributed by atoms with Crippen LogP contribution < -0.4 is 0 Å². The molecular weight excluding hydrogens is 156 g/mol. The van der Waals surface area contributed by atoms with Crippen molar-refractivity contribution in [2.24, 2.45) is 7.05 Å². The van der Waals surface area contributed by atoms with Gasteiger partial charge >= 0.3 is 0 Å². The van der Waals surface area contributed by atoms with Crippen LogP contribution in [0.25, 0.3) is 0 Å². The monoisotopic (exact) mass is 168 g/mol.